The van der Waals surface area contributed by atoms with Crippen molar-refractivity contribution in [1.29, 1.82) is 0 Å². The highest BCUT2D eigenvalue weighted by molar-refractivity contribution is 6.11. The number of carbonyl (C=O) groups is 1. The van der Waals surface area contributed by atoms with E-state index in [4.69, 9.17) is 4.74 Å². The number of anilines is 1. The number of fused-ring (bicyclic) bond motifs is 5. The second-order valence-electron chi connectivity index (χ2n) is 6.90. The van der Waals surface area contributed by atoms with Crippen LogP contribution in [0.25, 0.3) is 0 Å². The van der Waals surface area contributed by atoms with Gasteiger partial charge < -0.3 is 9.64 Å². The van der Waals surface area contributed by atoms with Gasteiger partial charge in [0.2, 0.25) is 5.91 Å². The van der Waals surface area contributed by atoms with Gasteiger partial charge in [-0.25, -0.2) is 0 Å². The Morgan fingerprint density at radius 1 is 1.04 bits per heavy atom. The molecule has 0 N–H and O–H groups in total. The summed E-state index contributed by atoms with van der Waals surface area (Å²) in [5.74, 6) is 1.04. The van der Waals surface area contributed by atoms with Gasteiger partial charge in [0.15, 0.2) is 0 Å². The van der Waals surface area contributed by atoms with Crippen molar-refractivity contribution >= 4 is 11.6 Å². The van der Waals surface area contributed by atoms with Crippen LogP contribution in [0.5, 0.6) is 5.75 Å². The number of rotatable bonds is 0. The Bertz CT molecular complexity index is 842. The average molecular weight is 305 g/mol. The standard InChI is InChI=1S/C20H19NO2/c1-21-17-9-5-4-8-15(17)20(19(21)22)12-23-18-11-14-7-3-2-6-13(14)10-16(18)20/h4-5,8-11H,2-3,6-7,12H2,1H3. The molecule has 1 atom stereocenters. The van der Waals surface area contributed by atoms with Crippen LogP contribution in [0.3, 0.4) is 0 Å². The molecular weight excluding hydrogens is 286 g/mol. The fourth-order valence-electron chi connectivity index (χ4n) is 4.52. The maximum atomic E-state index is 13.2. The minimum Gasteiger partial charge on any atom is -0.491 e. The molecule has 1 amide bonds. The number of carbonyl (C=O) groups excluding carboxylic acids is 1. The Kier molecular flexibility index (Phi) is 2.51. The zero-order chi connectivity index (χ0) is 15.6. The summed E-state index contributed by atoms with van der Waals surface area (Å²) >= 11 is 0. The van der Waals surface area contributed by atoms with E-state index < -0.39 is 5.41 Å². The number of amides is 1. The molecule has 1 spiro atoms. The third-order valence-electron chi connectivity index (χ3n) is 5.74. The lowest BCUT2D eigenvalue weighted by Crippen LogP contribution is -2.41. The quantitative estimate of drug-likeness (QED) is 0.748. The molecule has 5 rings (SSSR count). The first-order valence-electron chi connectivity index (χ1n) is 8.38. The van der Waals surface area contributed by atoms with Crippen molar-refractivity contribution in [3.05, 3.63) is 58.7 Å². The van der Waals surface area contributed by atoms with Crippen LogP contribution in [-0.2, 0) is 23.1 Å². The van der Waals surface area contributed by atoms with Crippen molar-refractivity contribution in [3.63, 3.8) is 0 Å². The van der Waals surface area contributed by atoms with Crippen molar-refractivity contribution in [2.75, 3.05) is 18.6 Å². The van der Waals surface area contributed by atoms with Gasteiger partial charge in [0.1, 0.15) is 17.8 Å². The van der Waals surface area contributed by atoms with Crippen LogP contribution in [0.4, 0.5) is 5.69 Å². The zero-order valence-corrected chi connectivity index (χ0v) is 13.3. The lowest BCUT2D eigenvalue weighted by molar-refractivity contribution is -0.121. The minimum absolute atomic E-state index is 0.133. The predicted molar refractivity (Wildman–Crippen MR) is 89.2 cm³/mol. The monoisotopic (exact) mass is 305 g/mol. The second kappa shape index (κ2) is 4.38. The molecule has 2 aromatic carbocycles. The molecule has 0 bridgehead atoms. The van der Waals surface area contributed by atoms with E-state index in [1.54, 1.807) is 4.90 Å². The number of para-hydroxylation sites is 1. The smallest absolute Gasteiger partial charge is 0.245 e. The molecule has 1 aliphatic carbocycles. The molecule has 0 saturated heterocycles. The van der Waals surface area contributed by atoms with E-state index in [-0.39, 0.29) is 5.91 Å². The van der Waals surface area contributed by atoms with Crippen LogP contribution >= 0.6 is 0 Å². The number of ether oxygens (including phenoxy) is 1. The van der Waals surface area contributed by atoms with Gasteiger partial charge in [-0.2, -0.15) is 0 Å². The molecule has 0 aromatic heterocycles. The van der Waals surface area contributed by atoms with E-state index in [0.717, 1.165) is 35.4 Å². The zero-order valence-electron chi connectivity index (χ0n) is 13.3. The normalized spacial score (nSPS) is 24.4. The number of hydrogen-bond donors (Lipinski definition) is 0. The fourth-order valence-corrected chi connectivity index (χ4v) is 4.52. The van der Waals surface area contributed by atoms with Crippen LogP contribution < -0.4 is 9.64 Å². The number of aryl methyl sites for hydroxylation is 2. The topological polar surface area (TPSA) is 29.5 Å². The van der Waals surface area contributed by atoms with E-state index in [1.165, 1.54) is 24.0 Å². The number of likely N-dealkylation sites (N-methyl/N-ethyl adjacent to an activating group) is 1. The average Bonchev–Trinajstić information content (AvgIpc) is 3.07. The predicted octanol–water partition coefficient (Wildman–Crippen LogP) is 3.22. The van der Waals surface area contributed by atoms with Crippen LogP contribution in [-0.4, -0.2) is 19.6 Å². The third kappa shape index (κ3) is 1.52. The maximum Gasteiger partial charge on any atom is 0.245 e. The van der Waals surface area contributed by atoms with Crippen LogP contribution in [0.2, 0.25) is 0 Å². The Morgan fingerprint density at radius 2 is 1.78 bits per heavy atom. The Labute approximate surface area is 135 Å². The van der Waals surface area contributed by atoms with E-state index in [1.807, 2.05) is 25.2 Å². The van der Waals surface area contributed by atoms with Gasteiger partial charge in [-0.1, -0.05) is 24.3 Å². The van der Waals surface area contributed by atoms with Crippen molar-refractivity contribution in [2.45, 2.75) is 31.1 Å². The van der Waals surface area contributed by atoms with Crippen LogP contribution in [0.15, 0.2) is 36.4 Å². The lowest BCUT2D eigenvalue weighted by atomic mass is 9.75. The van der Waals surface area contributed by atoms with E-state index in [2.05, 4.69) is 18.2 Å². The Morgan fingerprint density at radius 3 is 2.61 bits per heavy atom. The highest BCUT2D eigenvalue weighted by atomic mass is 16.5. The number of benzene rings is 2. The summed E-state index contributed by atoms with van der Waals surface area (Å²) in [5.41, 5.74) is 5.32. The molecule has 23 heavy (non-hydrogen) atoms. The van der Waals surface area contributed by atoms with Crippen LogP contribution in [0, 0.1) is 0 Å². The van der Waals surface area contributed by atoms with Gasteiger partial charge in [-0.15, -0.1) is 0 Å². The Hall–Kier alpha value is -2.29. The first-order chi connectivity index (χ1) is 11.2. The minimum atomic E-state index is -0.646. The molecule has 0 fully saturated rings. The molecule has 2 aliphatic heterocycles. The molecule has 0 radical (unpaired) electrons. The van der Waals surface area contributed by atoms with Crippen molar-refractivity contribution in [2.24, 2.45) is 0 Å². The molecule has 3 nitrogen and oxygen atoms in total. The van der Waals surface area contributed by atoms with Crippen molar-refractivity contribution in [1.82, 2.24) is 0 Å². The fraction of sp³-hybridized carbons (Fsp3) is 0.350. The second-order valence-corrected chi connectivity index (χ2v) is 6.90. The van der Waals surface area contributed by atoms with Crippen LogP contribution in [0.1, 0.15) is 35.1 Å². The van der Waals surface area contributed by atoms with Gasteiger partial charge in [-0.05, 0) is 54.5 Å². The number of nitrogens with zero attached hydrogens (tertiary/aromatic N) is 1. The third-order valence-corrected chi connectivity index (χ3v) is 5.74. The summed E-state index contributed by atoms with van der Waals surface area (Å²) < 4.78 is 6.03. The summed E-state index contributed by atoms with van der Waals surface area (Å²) in [6.07, 6.45) is 4.74. The largest absolute Gasteiger partial charge is 0.491 e. The maximum absolute atomic E-state index is 13.2. The van der Waals surface area contributed by atoms with E-state index >= 15 is 0 Å². The van der Waals surface area contributed by atoms with Gasteiger partial charge in [0, 0.05) is 18.3 Å². The van der Waals surface area contributed by atoms with Crippen molar-refractivity contribution < 1.29 is 9.53 Å². The summed E-state index contributed by atoms with van der Waals surface area (Å²) in [5, 5.41) is 0. The molecular formula is C20H19NO2. The molecule has 116 valence electrons. The van der Waals surface area contributed by atoms with Gasteiger partial charge in [0.25, 0.3) is 0 Å². The van der Waals surface area contributed by atoms with Gasteiger partial charge in [0.05, 0.1) is 0 Å². The highest BCUT2D eigenvalue weighted by Gasteiger charge is 2.56. The SMILES string of the molecule is CN1C(=O)C2(COc3cc4c(cc32)CCCC4)c2ccccc21. The lowest BCUT2D eigenvalue weighted by Gasteiger charge is -2.23. The molecule has 0 saturated carbocycles. The summed E-state index contributed by atoms with van der Waals surface area (Å²) in [4.78, 5) is 14.9. The van der Waals surface area contributed by atoms with E-state index in [0.29, 0.717) is 6.61 Å². The first kappa shape index (κ1) is 13.2. The van der Waals surface area contributed by atoms with E-state index in [9.17, 15) is 4.79 Å². The summed E-state index contributed by atoms with van der Waals surface area (Å²) in [6.45, 7) is 0.422. The van der Waals surface area contributed by atoms with Gasteiger partial charge >= 0.3 is 0 Å². The number of hydrogen-bond acceptors (Lipinski definition) is 2. The van der Waals surface area contributed by atoms with Gasteiger partial charge in [-0.3, -0.25) is 4.79 Å². The van der Waals surface area contributed by atoms with Crippen molar-refractivity contribution in [3.8, 4) is 5.75 Å². The summed E-state index contributed by atoms with van der Waals surface area (Å²) in [6, 6.07) is 12.6. The molecule has 1 unspecified atom stereocenters. The molecule has 2 aromatic rings. The first-order valence-corrected chi connectivity index (χ1v) is 8.38. The molecule has 3 heteroatoms. The highest BCUT2D eigenvalue weighted by Crippen LogP contribution is 2.52. The summed E-state index contributed by atoms with van der Waals surface area (Å²) in [7, 11) is 1.87. The Balaban J connectivity index is 1.77. The molecule has 3 aliphatic rings. The molecule has 2 heterocycles.